The Morgan fingerprint density at radius 2 is 1.44 bits per heavy atom. The van der Waals surface area contributed by atoms with Crippen LogP contribution in [0.1, 0.15) is 19.4 Å². The summed E-state index contributed by atoms with van der Waals surface area (Å²) in [7, 11) is -1.18. The standard InChI is InChI=1S/C27H26F3O4PS/c1-26(2)32-24-23(34-35(19-9-5-3-6-10-19)20-11-7-4-8-12-20)22(31-25(24)33-26)17-36-21-15-13-18(14-16-21)27(28,29)30/h3-16,22-25H,17H2,1-2H3/t22-,23+,24-,25-/m1/s1. The van der Waals surface area contributed by atoms with Crippen molar-refractivity contribution in [1.29, 1.82) is 0 Å². The van der Waals surface area contributed by atoms with Crippen molar-refractivity contribution < 1.29 is 31.9 Å². The lowest BCUT2D eigenvalue weighted by molar-refractivity contribution is -0.210. The molecule has 0 aromatic heterocycles. The van der Waals surface area contributed by atoms with Gasteiger partial charge < -0.3 is 18.7 Å². The van der Waals surface area contributed by atoms with Gasteiger partial charge in [0.2, 0.25) is 0 Å². The molecule has 0 aliphatic carbocycles. The van der Waals surface area contributed by atoms with Gasteiger partial charge in [0, 0.05) is 21.3 Å². The second-order valence-electron chi connectivity index (χ2n) is 9.01. The normalized spacial score (nSPS) is 25.3. The van der Waals surface area contributed by atoms with Crippen LogP contribution in [0.4, 0.5) is 13.2 Å². The van der Waals surface area contributed by atoms with Gasteiger partial charge in [0.1, 0.15) is 12.2 Å². The van der Waals surface area contributed by atoms with Gasteiger partial charge in [-0.3, -0.25) is 0 Å². The molecular weight excluding hydrogens is 508 g/mol. The third-order valence-electron chi connectivity index (χ3n) is 5.89. The second kappa shape index (κ2) is 10.4. The van der Waals surface area contributed by atoms with E-state index in [0.717, 1.165) is 27.6 Å². The Kier molecular flexibility index (Phi) is 7.46. The van der Waals surface area contributed by atoms with Gasteiger partial charge >= 0.3 is 6.18 Å². The molecule has 0 unspecified atom stereocenters. The molecule has 0 bridgehead atoms. The van der Waals surface area contributed by atoms with E-state index in [2.05, 4.69) is 0 Å². The third kappa shape index (κ3) is 5.80. The molecule has 0 saturated carbocycles. The molecule has 3 aromatic rings. The molecule has 0 amide bonds. The summed E-state index contributed by atoms with van der Waals surface area (Å²) in [4.78, 5) is 0.720. The molecule has 2 saturated heterocycles. The third-order valence-corrected chi connectivity index (χ3v) is 8.98. The molecular formula is C27H26F3O4PS. The number of alkyl halides is 3. The first kappa shape index (κ1) is 25.7. The van der Waals surface area contributed by atoms with Crippen LogP contribution in [0, 0.1) is 0 Å². The molecule has 4 atom stereocenters. The average molecular weight is 535 g/mol. The maximum absolute atomic E-state index is 12.9. The fourth-order valence-electron chi connectivity index (χ4n) is 4.25. The summed E-state index contributed by atoms with van der Waals surface area (Å²) < 4.78 is 64.0. The van der Waals surface area contributed by atoms with Crippen molar-refractivity contribution in [1.82, 2.24) is 0 Å². The van der Waals surface area contributed by atoms with Gasteiger partial charge in [-0.2, -0.15) is 13.2 Å². The summed E-state index contributed by atoms with van der Waals surface area (Å²) in [6.45, 7) is 3.68. The zero-order valence-electron chi connectivity index (χ0n) is 19.7. The highest BCUT2D eigenvalue weighted by Gasteiger charge is 2.56. The number of fused-ring (bicyclic) bond motifs is 1. The Hall–Kier alpha value is -1.93. The lowest BCUT2D eigenvalue weighted by atomic mass is 10.1. The van der Waals surface area contributed by atoms with Crippen LogP contribution in [0.15, 0.2) is 89.8 Å². The van der Waals surface area contributed by atoms with E-state index in [1.165, 1.54) is 23.9 Å². The van der Waals surface area contributed by atoms with E-state index in [4.69, 9.17) is 18.7 Å². The maximum Gasteiger partial charge on any atom is 0.416 e. The SMILES string of the molecule is CC1(C)O[C@H]2O[C@H](CSc3ccc(C(F)(F)F)cc3)[C@H](OP(c3ccccc3)c3ccccc3)[C@H]2O1. The van der Waals surface area contributed by atoms with E-state index in [9.17, 15) is 13.2 Å². The largest absolute Gasteiger partial charge is 0.416 e. The van der Waals surface area contributed by atoms with Crippen LogP contribution in [0.5, 0.6) is 0 Å². The van der Waals surface area contributed by atoms with E-state index < -0.39 is 44.2 Å². The zero-order chi connectivity index (χ0) is 25.3. The van der Waals surface area contributed by atoms with Crippen LogP contribution in [-0.2, 0) is 24.9 Å². The molecule has 5 rings (SSSR count). The number of hydrogen-bond acceptors (Lipinski definition) is 5. The monoisotopic (exact) mass is 534 g/mol. The number of ether oxygens (including phenoxy) is 3. The molecule has 2 fully saturated rings. The number of thioether (sulfide) groups is 1. The molecule has 3 aromatic carbocycles. The Labute approximate surface area is 213 Å². The van der Waals surface area contributed by atoms with Gasteiger partial charge in [0.25, 0.3) is 0 Å². The fourth-order valence-corrected chi connectivity index (χ4v) is 7.13. The predicted molar refractivity (Wildman–Crippen MR) is 135 cm³/mol. The van der Waals surface area contributed by atoms with Crippen molar-refractivity contribution in [3.63, 3.8) is 0 Å². The van der Waals surface area contributed by atoms with Crippen molar-refractivity contribution in [2.75, 3.05) is 5.75 Å². The average Bonchev–Trinajstić information content (AvgIpc) is 3.33. The highest BCUT2D eigenvalue weighted by Crippen LogP contribution is 2.46. The van der Waals surface area contributed by atoms with Crippen LogP contribution >= 0.6 is 19.9 Å². The first-order chi connectivity index (χ1) is 17.2. The van der Waals surface area contributed by atoms with Crippen molar-refractivity contribution in [2.45, 2.75) is 55.3 Å². The van der Waals surface area contributed by atoms with Gasteiger partial charge in [-0.1, -0.05) is 60.7 Å². The van der Waals surface area contributed by atoms with Crippen LogP contribution < -0.4 is 10.6 Å². The van der Waals surface area contributed by atoms with Crippen molar-refractivity contribution in [3.05, 3.63) is 90.5 Å². The van der Waals surface area contributed by atoms with Crippen molar-refractivity contribution >= 4 is 30.5 Å². The fraction of sp³-hybridized carbons (Fsp3) is 0.333. The number of hydrogen-bond donors (Lipinski definition) is 0. The Balaban J connectivity index is 1.38. The number of benzene rings is 3. The minimum absolute atomic E-state index is 0.374. The highest BCUT2D eigenvalue weighted by atomic mass is 32.2. The molecule has 9 heteroatoms. The highest BCUT2D eigenvalue weighted by molar-refractivity contribution is 7.99. The smallest absolute Gasteiger partial charge is 0.343 e. The molecule has 36 heavy (non-hydrogen) atoms. The summed E-state index contributed by atoms with van der Waals surface area (Å²) in [5, 5.41) is 2.13. The summed E-state index contributed by atoms with van der Waals surface area (Å²) in [5.74, 6) is -0.326. The van der Waals surface area contributed by atoms with Gasteiger partial charge in [0.05, 0.1) is 19.8 Å². The number of halogens is 3. The Bertz CT molecular complexity index is 1110. The van der Waals surface area contributed by atoms with E-state index >= 15 is 0 Å². The lowest BCUT2D eigenvalue weighted by Crippen LogP contribution is -2.38. The summed E-state index contributed by atoms with van der Waals surface area (Å²) >= 11 is 1.42. The van der Waals surface area contributed by atoms with Crippen LogP contribution in [0.25, 0.3) is 0 Å². The van der Waals surface area contributed by atoms with Crippen molar-refractivity contribution in [3.8, 4) is 0 Å². The lowest BCUT2D eigenvalue weighted by Gasteiger charge is -2.29. The topological polar surface area (TPSA) is 36.9 Å². The quantitative estimate of drug-likeness (QED) is 0.270. The minimum Gasteiger partial charge on any atom is -0.343 e. The van der Waals surface area contributed by atoms with Crippen molar-refractivity contribution in [2.24, 2.45) is 0 Å². The molecule has 0 radical (unpaired) electrons. The molecule has 190 valence electrons. The van der Waals surface area contributed by atoms with E-state index in [1.54, 1.807) is 0 Å². The van der Waals surface area contributed by atoms with Gasteiger partial charge in [-0.05, 0) is 38.1 Å². The molecule has 0 N–H and O–H groups in total. The van der Waals surface area contributed by atoms with Gasteiger partial charge in [-0.25, -0.2) is 0 Å². The second-order valence-corrected chi connectivity index (χ2v) is 11.9. The summed E-state index contributed by atoms with van der Waals surface area (Å²) in [5.41, 5.74) is -0.667. The maximum atomic E-state index is 12.9. The van der Waals surface area contributed by atoms with E-state index in [-0.39, 0.29) is 6.10 Å². The van der Waals surface area contributed by atoms with Crippen LogP contribution in [0.2, 0.25) is 0 Å². The minimum atomic E-state index is -4.36. The molecule has 4 nitrogen and oxygen atoms in total. The Morgan fingerprint density at radius 1 is 0.861 bits per heavy atom. The molecule has 2 aliphatic rings. The predicted octanol–water partition coefficient (Wildman–Crippen LogP) is 6.11. The number of rotatable bonds is 7. The van der Waals surface area contributed by atoms with Crippen LogP contribution in [0.3, 0.4) is 0 Å². The van der Waals surface area contributed by atoms with E-state index in [0.29, 0.717) is 5.75 Å². The summed E-state index contributed by atoms with van der Waals surface area (Å²) in [6, 6.07) is 25.2. The van der Waals surface area contributed by atoms with E-state index in [1.807, 2.05) is 74.5 Å². The Morgan fingerprint density at radius 3 is 2.00 bits per heavy atom. The van der Waals surface area contributed by atoms with Crippen LogP contribution in [-0.4, -0.2) is 36.1 Å². The summed E-state index contributed by atoms with van der Waals surface area (Å²) in [6.07, 6.45) is -6.16. The molecule has 2 heterocycles. The first-order valence-electron chi connectivity index (χ1n) is 11.6. The molecule has 2 aliphatic heterocycles. The zero-order valence-corrected chi connectivity index (χ0v) is 21.4. The van der Waals surface area contributed by atoms with Gasteiger partial charge in [-0.15, -0.1) is 11.8 Å². The molecule has 0 spiro atoms. The first-order valence-corrected chi connectivity index (χ1v) is 13.8. The van der Waals surface area contributed by atoms with Gasteiger partial charge in [0.15, 0.2) is 12.1 Å².